The first kappa shape index (κ1) is 23.9. The Bertz CT molecular complexity index is 1350. The van der Waals surface area contributed by atoms with Crippen molar-refractivity contribution in [3.05, 3.63) is 83.0 Å². The lowest BCUT2D eigenvalue weighted by atomic mass is 10.0. The highest BCUT2D eigenvalue weighted by atomic mass is 32.1. The summed E-state index contributed by atoms with van der Waals surface area (Å²) in [6, 6.07) is 9.56. The number of nitrogens with one attached hydrogen (secondary N) is 1. The lowest BCUT2D eigenvalue weighted by molar-refractivity contribution is -0.123. The first-order chi connectivity index (χ1) is 16.8. The highest BCUT2D eigenvalue weighted by Crippen LogP contribution is 2.32. The molecule has 0 radical (unpaired) electrons. The van der Waals surface area contributed by atoms with Crippen LogP contribution in [0.15, 0.2) is 71.2 Å². The average molecular weight is 486 g/mol. The molecular weight excluding hydrogens is 462 g/mol. The predicted molar refractivity (Wildman–Crippen MR) is 134 cm³/mol. The molecule has 1 N–H and O–H groups in total. The third kappa shape index (κ3) is 5.45. The van der Waals surface area contributed by atoms with E-state index in [1.165, 1.54) is 22.6 Å². The second-order valence-electron chi connectivity index (χ2n) is 8.70. The van der Waals surface area contributed by atoms with Crippen molar-refractivity contribution in [1.29, 1.82) is 0 Å². The Kier molecular flexibility index (Phi) is 6.75. The van der Waals surface area contributed by atoms with Gasteiger partial charge in [0.25, 0.3) is 5.91 Å². The maximum Gasteiger partial charge on any atom is 0.278 e. The molecule has 1 unspecified atom stereocenters. The second kappa shape index (κ2) is 9.91. The van der Waals surface area contributed by atoms with Gasteiger partial charge in [0, 0.05) is 40.1 Å². The van der Waals surface area contributed by atoms with Gasteiger partial charge < -0.3 is 9.73 Å². The number of benzene rings is 1. The van der Waals surface area contributed by atoms with Crippen LogP contribution in [0.1, 0.15) is 47.9 Å². The number of hydrogen-bond donors (Lipinski definition) is 1. The molecule has 0 fully saturated rings. The molecule has 0 aliphatic rings. The summed E-state index contributed by atoms with van der Waals surface area (Å²) in [6.45, 7) is 5.63. The molecule has 35 heavy (non-hydrogen) atoms. The molecule has 176 valence electrons. The van der Waals surface area contributed by atoms with E-state index < -0.39 is 17.5 Å². The number of terminal acetylenes is 1. The minimum absolute atomic E-state index is 0.153. The number of amides is 2. The summed E-state index contributed by atoms with van der Waals surface area (Å²) < 4.78 is 5.37. The molecule has 0 aliphatic heterocycles. The van der Waals surface area contributed by atoms with Gasteiger partial charge in [-0.05, 0) is 57.0 Å². The molecule has 2 amide bonds. The van der Waals surface area contributed by atoms with Gasteiger partial charge >= 0.3 is 0 Å². The Morgan fingerprint density at radius 2 is 1.91 bits per heavy atom. The van der Waals surface area contributed by atoms with Gasteiger partial charge in [0.1, 0.15) is 11.7 Å². The SMILES string of the molecule is C#Cc1nc(C(=O)N(c2ccc(-c3cnco3)cc2)C(C(=O)NC(C)(C)C)c2cccnc2)cs1. The zero-order chi connectivity index (χ0) is 25.0. The van der Waals surface area contributed by atoms with Crippen molar-refractivity contribution in [2.24, 2.45) is 0 Å². The number of nitrogens with zero attached hydrogens (tertiary/aromatic N) is 4. The van der Waals surface area contributed by atoms with Gasteiger partial charge in [-0.2, -0.15) is 0 Å². The molecule has 0 saturated heterocycles. The smallest absolute Gasteiger partial charge is 0.278 e. The van der Waals surface area contributed by atoms with Crippen molar-refractivity contribution in [2.45, 2.75) is 32.4 Å². The topological polar surface area (TPSA) is 101 Å². The van der Waals surface area contributed by atoms with E-state index in [2.05, 4.69) is 26.2 Å². The molecular formula is C26H23N5O3S. The molecule has 8 nitrogen and oxygen atoms in total. The molecule has 4 rings (SSSR count). The van der Waals surface area contributed by atoms with E-state index in [0.29, 0.717) is 22.0 Å². The summed E-state index contributed by atoms with van der Waals surface area (Å²) in [6.07, 6.45) is 11.6. The van der Waals surface area contributed by atoms with Crippen molar-refractivity contribution in [2.75, 3.05) is 4.90 Å². The number of hydrogen-bond acceptors (Lipinski definition) is 7. The van der Waals surface area contributed by atoms with Crippen molar-refractivity contribution in [3.63, 3.8) is 0 Å². The van der Waals surface area contributed by atoms with Crippen LogP contribution in [-0.4, -0.2) is 32.3 Å². The van der Waals surface area contributed by atoms with E-state index >= 15 is 0 Å². The second-order valence-corrected chi connectivity index (χ2v) is 9.56. The monoisotopic (exact) mass is 485 g/mol. The number of anilines is 1. The van der Waals surface area contributed by atoms with E-state index in [4.69, 9.17) is 10.8 Å². The van der Waals surface area contributed by atoms with Crippen molar-refractivity contribution < 1.29 is 14.0 Å². The van der Waals surface area contributed by atoms with Gasteiger partial charge in [0.2, 0.25) is 5.91 Å². The van der Waals surface area contributed by atoms with Gasteiger partial charge in [-0.15, -0.1) is 17.8 Å². The number of aromatic nitrogens is 3. The molecule has 9 heteroatoms. The van der Waals surface area contributed by atoms with Crippen LogP contribution in [0, 0.1) is 12.3 Å². The fourth-order valence-corrected chi connectivity index (χ4v) is 4.08. The average Bonchev–Trinajstić information content (AvgIpc) is 3.54. The fourth-order valence-electron chi connectivity index (χ4n) is 3.48. The summed E-state index contributed by atoms with van der Waals surface area (Å²) in [7, 11) is 0. The van der Waals surface area contributed by atoms with E-state index in [1.54, 1.807) is 60.4 Å². The zero-order valence-electron chi connectivity index (χ0n) is 19.4. The van der Waals surface area contributed by atoms with Crippen LogP contribution < -0.4 is 10.2 Å². The highest BCUT2D eigenvalue weighted by molar-refractivity contribution is 7.10. The van der Waals surface area contributed by atoms with Crippen LogP contribution in [0.25, 0.3) is 11.3 Å². The van der Waals surface area contributed by atoms with E-state index in [1.807, 2.05) is 20.8 Å². The summed E-state index contributed by atoms with van der Waals surface area (Å²) in [5.74, 6) is 2.21. The number of rotatable bonds is 6. The zero-order valence-corrected chi connectivity index (χ0v) is 20.2. The molecule has 1 aromatic carbocycles. The maximum absolute atomic E-state index is 13.8. The Balaban J connectivity index is 1.84. The quantitative estimate of drug-likeness (QED) is 0.404. The number of carbonyl (C=O) groups excluding carboxylic acids is 2. The Morgan fingerprint density at radius 1 is 1.14 bits per heavy atom. The van der Waals surface area contributed by atoms with Crippen LogP contribution in [0.2, 0.25) is 0 Å². The van der Waals surface area contributed by atoms with E-state index in [0.717, 1.165) is 5.56 Å². The van der Waals surface area contributed by atoms with Crippen molar-refractivity contribution >= 4 is 28.8 Å². The highest BCUT2D eigenvalue weighted by Gasteiger charge is 2.36. The first-order valence-corrected chi connectivity index (χ1v) is 11.6. The van der Waals surface area contributed by atoms with Crippen molar-refractivity contribution in [3.8, 4) is 23.7 Å². The van der Waals surface area contributed by atoms with Crippen LogP contribution in [-0.2, 0) is 4.79 Å². The number of carbonyl (C=O) groups is 2. The van der Waals surface area contributed by atoms with Crippen LogP contribution >= 0.6 is 11.3 Å². The number of pyridine rings is 1. The Morgan fingerprint density at radius 3 is 2.49 bits per heavy atom. The van der Waals surface area contributed by atoms with Crippen molar-refractivity contribution in [1.82, 2.24) is 20.3 Å². The normalized spacial score (nSPS) is 11.9. The van der Waals surface area contributed by atoms with Gasteiger partial charge in [-0.3, -0.25) is 19.5 Å². The number of oxazole rings is 1. The van der Waals surface area contributed by atoms with Gasteiger partial charge in [0.05, 0.1) is 6.20 Å². The van der Waals surface area contributed by atoms with Gasteiger partial charge in [-0.25, -0.2) is 9.97 Å². The molecule has 4 aromatic rings. The fraction of sp³-hybridized carbons (Fsp3) is 0.192. The largest absolute Gasteiger partial charge is 0.444 e. The van der Waals surface area contributed by atoms with Gasteiger partial charge in [0.15, 0.2) is 17.2 Å². The summed E-state index contributed by atoms with van der Waals surface area (Å²) >= 11 is 1.19. The third-order valence-electron chi connectivity index (χ3n) is 4.93. The lowest BCUT2D eigenvalue weighted by Crippen LogP contribution is -2.49. The number of thiazole rings is 1. The predicted octanol–water partition coefficient (Wildman–Crippen LogP) is 4.48. The molecule has 0 saturated carbocycles. The standard InChI is InChI=1S/C26H23N5O3S/c1-5-22-29-20(15-35-22)25(33)31(19-10-8-17(9-11-19)21-14-28-16-34-21)23(18-7-6-12-27-13-18)24(32)30-26(2,3)4/h1,6-16,23H,2-4H3,(H,30,32). The Hall–Kier alpha value is -4.29. The van der Waals surface area contributed by atoms with Crippen LogP contribution in [0.3, 0.4) is 0 Å². The molecule has 3 aromatic heterocycles. The Labute approximate surface area is 207 Å². The summed E-state index contributed by atoms with van der Waals surface area (Å²) in [5.41, 5.74) is 1.44. The molecule has 0 bridgehead atoms. The maximum atomic E-state index is 13.8. The summed E-state index contributed by atoms with van der Waals surface area (Å²) in [4.78, 5) is 41.3. The van der Waals surface area contributed by atoms with E-state index in [9.17, 15) is 9.59 Å². The lowest BCUT2D eigenvalue weighted by Gasteiger charge is -2.33. The first-order valence-electron chi connectivity index (χ1n) is 10.7. The molecule has 1 atom stereocenters. The van der Waals surface area contributed by atoms with E-state index in [-0.39, 0.29) is 11.6 Å². The molecule has 0 aliphatic carbocycles. The molecule has 0 spiro atoms. The summed E-state index contributed by atoms with van der Waals surface area (Å²) in [5, 5.41) is 4.96. The minimum Gasteiger partial charge on any atom is -0.444 e. The third-order valence-corrected chi connectivity index (χ3v) is 5.71. The molecule has 3 heterocycles. The van der Waals surface area contributed by atoms with Gasteiger partial charge in [-0.1, -0.05) is 6.07 Å². The minimum atomic E-state index is -1.01. The van der Waals surface area contributed by atoms with Crippen LogP contribution in [0.4, 0.5) is 5.69 Å². The van der Waals surface area contributed by atoms with Crippen LogP contribution in [0.5, 0.6) is 0 Å².